The molecule has 4 heteroatoms. The average molecular weight is 330 g/mol. The average Bonchev–Trinajstić information content (AvgIpc) is 2.57. The monoisotopic (exact) mass is 329 g/mol. The SMILES string of the molecule is CN(C)c1ccc(CN2CCN(c3ccc(Cl)cc3)CC2)cc1. The van der Waals surface area contributed by atoms with Crippen LogP contribution < -0.4 is 9.80 Å². The van der Waals surface area contributed by atoms with Crippen LogP contribution in [0.5, 0.6) is 0 Å². The van der Waals surface area contributed by atoms with Gasteiger partial charge in [0.05, 0.1) is 0 Å². The fourth-order valence-corrected chi connectivity index (χ4v) is 3.10. The molecule has 0 aromatic heterocycles. The molecule has 2 aromatic rings. The van der Waals surface area contributed by atoms with Crippen molar-refractivity contribution in [2.24, 2.45) is 0 Å². The third-order valence-electron chi connectivity index (χ3n) is 4.42. The number of benzene rings is 2. The molecule has 0 radical (unpaired) electrons. The molecule has 0 saturated carbocycles. The van der Waals surface area contributed by atoms with E-state index in [-0.39, 0.29) is 0 Å². The second kappa shape index (κ2) is 7.24. The molecule has 3 nitrogen and oxygen atoms in total. The van der Waals surface area contributed by atoms with Gasteiger partial charge < -0.3 is 9.80 Å². The summed E-state index contributed by atoms with van der Waals surface area (Å²) in [6.07, 6.45) is 0. The minimum atomic E-state index is 0.800. The second-order valence-corrected chi connectivity index (χ2v) is 6.74. The molecule has 0 bridgehead atoms. The number of halogens is 1. The lowest BCUT2D eigenvalue weighted by molar-refractivity contribution is 0.250. The lowest BCUT2D eigenvalue weighted by atomic mass is 10.1. The van der Waals surface area contributed by atoms with Gasteiger partial charge in [0.1, 0.15) is 0 Å². The van der Waals surface area contributed by atoms with Crippen LogP contribution in [0.25, 0.3) is 0 Å². The molecule has 1 aliphatic heterocycles. The maximum atomic E-state index is 5.96. The van der Waals surface area contributed by atoms with E-state index in [1.165, 1.54) is 16.9 Å². The Kier molecular flexibility index (Phi) is 5.09. The highest BCUT2D eigenvalue weighted by Gasteiger charge is 2.17. The smallest absolute Gasteiger partial charge is 0.0407 e. The summed E-state index contributed by atoms with van der Waals surface area (Å²) < 4.78 is 0. The topological polar surface area (TPSA) is 9.72 Å². The number of nitrogens with zero attached hydrogens (tertiary/aromatic N) is 3. The zero-order valence-corrected chi connectivity index (χ0v) is 14.6. The fraction of sp³-hybridized carbons (Fsp3) is 0.368. The number of anilines is 2. The van der Waals surface area contributed by atoms with Gasteiger partial charge in [-0.3, -0.25) is 4.90 Å². The molecule has 1 fully saturated rings. The summed E-state index contributed by atoms with van der Waals surface area (Å²) in [6.45, 7) is 5.35. The van der Waals surface area contributed by atoms with E-state index >= 15 is 0 Å². The molecule has 3 rings (SSSR count). The third-order valence-corrected chi connectivity index (χ3v) is 4.67. The van der Waals surface area contributed by atoms with Crippen LogP contribution >= 0.6 is 11.6 Å². The number of piperazine rings is 1. The molecule has 1 saturated heterocycles. The zero-order chi connectivity index (χ0) is 16.2. The van der Waals surface area contributed by atoms with E-state index < -0.39 is 0 Å². The third kappa shape index (κ3) is 4.18. The van der Waals surface area contributed by atoms with Crippen LogP contribution in [-0.2, 0) is 6.54 Å². The minimum absolute atomic E-state index is 0.800. The quantitative estimate of drug-likeness (QED) is 0.846. The number of hydrogen-bond acceptors (Lipinski definition) is 3. The molecule has 2 aromatic carbocycles. The van der Waals surface area contributed by atoms with Gasteiger partial charge in [-0.15, -0.1) is 0 Å². The summed E-state index contributed by atoms with van der Waals surface area (Å²) in [5.74, 6) is 0. The first-order valence-corrected chi connectivity index (χ1v) is 8.49. The van der Waals surface area contributed by atoms with Gasteiger partial charge >= 0.3 is 0 Å². The van der Waals surface area contributed by atoms with Crippen LogP contribution in [0, 0.1) is 0 Å². The van der Waals surface area contributed by atoms with Crippen molar-refractivity contribution in [3.05, 3.63) is 59.1 Å². The molecule has 0 amide bonds. The molecule has 0 spiro atoms. The van der Waals surface area contributed by atoms with Gasteiger partial charge in [0.15, 0.2) is 0 Å². The van der Waals surface area contributed by atoms with Crippen molar-refractivity contribution in [3.8, 4) is 0 Å². The molecular formula is C19H24ClN3. The predicted octanol–water partition coefficient (Wildman–Crippen LogP) is 3.73. The first-order valence-electron chi connectivity index (χ1n) is 8.11. The van der Waals surface area contributed by atoms with Gasteiger partial charge in [-0.2, -0.15) is 0 Å². The van der Waals surface area contributed by atoms with Crippen molar-refractivity contribution in [1.82, 2.24) is 4.90 Å². The van der Waals surface area contributed by atoms with Crippen LogP contribution in [0.3, 0.4) is 0 Å². The van der Waals surface area contributed by atoms with Crippen molar-refractivity contribution in [1.29, 1.82) is 0 Å². The molecule has 122 valence electrons. The standard InChI is InChI=1S/C19H24ClN3/c1-21(2)18-7-3-16(4-8-18)15-22-11-13-23(14-12-22)19-9-5-17(20)6-10-19/h3-10H,11-15H2,1-2H3. The molecule has 1 heterocycles. The summed E-state index contributed by atoms with van der Waals surface area (Å²) >= 11 is 5.96. The summed E-state index contributed by atoms with van der Waals surface area (Å²) in [7, 11) is 4.15. The van der Waals surface area contributed by atoms with Crippen LogP contribution in [-0.4, -0.2) is 45.2 Å². The first kappa shape index (κ1) is 16.2. The molecule has 0 atom stereocenters. The van der Waals surface area contributed by atoms with Gasteiger partial charge in [0.2, 0.25) is 0 Å². The Labute approximate surface area is 144 Å². The maximum Gasteiger partial charge on any atom is 0.0407 e. The lowest BCUT2D eigenvalue weighted by Crippen LogP contribution is -2.45. The van der Waals surface area contributed by atoms with E-state index in [0.717, 1.165) is 37.7 Å². The number of hydrogen-bond donors (Lipinski definition) is 0. The van der Waals surface area contributed by atoms with E-state index in [9.17, 15) is 0 Å². The van der Waals surface area contributed by atoms with Crippen molar-refractivity contribution < 1.29 is 0 Å². The molecule has 1 aliphatic rings. The molecule has 0 aliphatic carbocycles. The van der Waals surface area contributed by atoms with E-state index in [2.05, 4.69) is 65.2 Å². The molecule has 0 unspecified atom stereocenters. The van der Waals surface area contributed by atoms with Crippen LogP contribution in [0.15, 0.2) is 48.5 Å². The molecular weight excluding hydrogens is 306 g/mol. The van der Waals surface area contributed by atoms with Crippen molar-refractivity contribution in [2.75, 3.05) is 50.1 Å². The van der Waals surface area contributed by atoms with Gasteiger partial charge in [-0.1, -0.05) is 23.7 Å². The predicted molar refractivity (Wildman–Crippen MR) is 99.7 cm³/mol. The lowest BCUT2D eigenvalue weighted by Gasteiger charge is -2.36. The second-order valence-electron chi connectivity index (χ2n) is 6.30. The first-order chi connectivity index (χ1) is 11.1. The zero-order valence-electron chi connectivity index (χ0n) is 13.9. The van der Waals surface area contributed by atoms with Crippen LogP contribution in [0.4, 0.5) is 11.4 Å². The highest BCUT2D eigenvalue weighted by molar-refractivity contribution is 6.30. The maximum absolute atomic E-state index is 5.96. The highest BCUT2D eigenvalue weighted by Crippen LogP contribution is 2.20. The Balaban J connectivity index is 1.53. The summed E-state index contributed by atoms with van der Waals surface area (Å²) in [5.41, 5.74) is 3.90. The van der Waals surface area contributed by atoms with E-state index in [1.54, 1.807) is 0 Å². The number of rotatable bonds is 4. The van der Waals surface area contributed by atoms with Gasteiger partial charge in [-0.05, 0) is 42.0 Å². The largest absolute Gasteiger partial charge is 0.378 e. The fourth-order valence-electron chi connectivity index (χ4n) is 2.97. The van der Waals surface area contributed by atoms with Crippen LogP contribution in [0.1, 0.15) is 5.56 Å². The Bertz CT molecular complexity index is 614. The summed E-state index contributed by atoms with van der Waals surface area (Å²) in [6, 6.07) is 17.0. The Morgan fingerprint density at radius 1 is 0.870 bits per heavy atom. The molecule has 23 heavy (non-hydrogen) atoms. The van der Waals surface area contributed by atoms with Crippen molar-refractivity contribution in [2.45, 2.75) is 6.54 Å². The van der Waals surface area contributed by atoms with Gasteiger partial charge in [0.25, 0.3) is 0 Å². The van der Waals surface area contributed by atoms with E-state index in [0.29, 0.717) is 0 Å². The Morgan fingerprint density at radius 2 is 1.48 bits per heavy atom. The highest BCUT2D eigenvalue weighted by atomic mass is 35.5. The minimum Gasteiger partial charge on any atom is -0.378 e. The van der Waals surface area contributed by atoms with E-state index in [1.807, 2.05) is 12.1 Å². The van der Waals surface area contributed by atoms with Crippen molar-refractivity contribution in [3.63, 3.8) is 0 Å². The van der Waals surface area contributed by atoms with Gasteiger partial charge in [-0.25, -0.2) is 0 Å². The van der Waals surface area contributed by atoms with Crippen LogP contribution in [0.2, 0.25) is 5.02 Å². The Morgan fingerprint density at radius 3 is 2.04 bits per heavy atom. The van der Waals surface area contributed by atoms with E-state index in [4.69, 9.17) is 11.6 Å². The van der Waals surface area contributed by atoms with Gasteiger partial charge in [0, 0.05) is 63.2 Å². The molecule has 0 N–H and O–H groups in total. The summed E-state index contributed by atoms with van der Waals surface area (Å²) in [4.78, 5) is 7.09. The normalized spacial score (nSPS) is 15.7. The summed E-state index contributed by atoms with van der Waals surface area (Å²) in [5, 5.41) is 0.800. The Hall–Kier alpha value is -1.71. The van der Waals surface area contributed by atoms with Crippen molar-refractivity contribution >= 4 is 23.0 Å².